The number of methoxy groups -OCH3 is 1. The lowest BCUT2D eigenvalue weighted by Gasteiger charge is -2.41. The van der Waals surface area contributed by atoms with Crippen LogP contribution in [0.2, 0.25) is 0 Å². The smallest absolute Gasteiger partial charge is 0.118 e. The summed E-state index contributed by atoms with van der Waals surface area (Å²) in [6, 6.07) is 10.2. The zero-order valence-corrected chi connectivity index (χ0v) is 11.0. The van der Waals surface area contributed by atoms with Gasteiger partial charge in [0, 0.05) is 24.7 Å². The summed E-state index contributed by atoms with van der Waals surface area (Å²) < 4.78 is 5.21. The number of benzene rings is 1. The molecule has 1 aromatic carbocycles. The summed E-state index contributed by atoms with van der Waals surface area (Å²) in [4.78, 5) is 0. The first kappa shape index (κ1) is 12.0. The van der Waals surface area contributed by atoms with E-state index in [2.05, 4.69) is 22.8 Å². The average Bonchev–Trinajstić information content (AvgIpc) is 2.47. The SMILES string of the molecule is COc1ccc([C@@H]2CN[C@H]3CCCC[C@H]3N2)cc1. The molecule has 0 aromatic heterocycles. The summed E-state index contributed by atoms with van der Waals surface area (Å²) in [7, 11) is 1.71. The number of hydrogen-bond donors (Lipinski definition) is 2. The van der Waals surface area contributed by atoms with Crippen LogP contribution in [-0.2, 0) is 0 Å². The monoisotopic (exact) mass is 246 g/mol. The maximum Gasteiger partial charge on any atom is 0.118 e. The van der Waals surface area contributed by atoms with E-state index < -0.39 is 0 Å². The molecule has 3 heteroatoms. The lowest BCUT2D eigenvalue weighted by molar-refractivity contribution is 0.213. The highest BCUT2D eigenvalue weighted by molar-refractivity contribution is 5.29. The van der Waals surface area contributed by atoms with Crippen LogP contribution in [0.25, 0.3) is 0 Å². The van der Waals surface area contributed by atoms with Crippen LogP contribution < -0.4 is 15.4 Å². The maximum atomic E-state index is 5.21. The first-order chi connectivity index (χ1) is 8.86. The van der Waals surface area contributed by atoms with Crippen LogP contribution >= 0.6 is 0 Å². The van der Waals surface area contributed by atoms with Gasteiger partial charge in [-0.3, -0.25) is 0 Å². The third-order valence-electron chi connectivity index (χ3n) is 4.28. The zero-order valence-electron chi connectivity index (χ0n) is 11.0. The van der Waals surface area contributed by atoms with Gasteiger partial charge in [0.15, 0.2) is 0 Å². The van der Waals surface area contributed by atoms with Crippen molar-refractivity contribution in [1.82, 2.24) is 10.6 Å². The van der Waals surface area contributed by atoms with Gasteiger partial charge in [0.2, 0.25) is 0 Å². The minimum Gasteiger partial charge on any atom is -0.497 e. The number of piperazine rings is 1. The standard InChI is InChI=1S/C15H22N2O/c1-18-12-8-6-11(7-9-12)15-10-16-13-4-2-3-5-14(13)17-15/h6-9,13-17H,2-5,10H2,1H3/t13-,14+,15-/m0/s1. The fraction of sp³-hybridized carbons (Fsp3) is 0.600. The Morgan fingerprint density at radius 1 is 1.06 bits per heavy atom. The molecule has 1 aliphatic heterocycles. The van der Waals surface area contributed by atoms with E-state index in [0.717, 1.165) is 12.3 Å². The highest BCUT2D eigenvalue weighted by Crippen LogP contribution is 2.26. The first-order valence-electron chi connectivity index (χ1n) is 7.00. The summed E-state index contributed by atoms with van der Waals surface area (Å²) in [5.41, 5.74) is 1.35. The van der Waals surface area contributed by atoms with E-state index >= 15 is 0 Å². The van der Waals surface area contributed by atoms with Crippen molar-refractivity contribution in [2.24, 2.45) is 0 Å². The van der Waals surface area contributed by atoms with E-state index in [1.807, 2.05) is 12.1 Å². The average molecular weight is 246 g/mol. The molecule has 0 amide bonds. The minimum absolute atomic E-state index is 0.440. The quantitative estimate of drug-likeness (QED) is 0.839. The van der Waals surface area contributed by atoms with Crippen LogP contribution in [0.15, 0.2) is 24.3 Å². The van der Waals surface area contributed by atoms with E-state index in [1.54, 1.807) is 7.11 Å². The lowest BCUT2D eigenvalue weighted by atomic mass is 9.87. The predicted octanol–water partition coefficient (Wildman–Crippen LogP) is 2.24. The Kier molecular flexibility index (Phi) is 3.52. The van der Waals surface area contributed by atoms with Gasteiger partial charge in [-0.1, -0.05) is 25.0 Å². The van der Waals surface area contributed by atoms with E-state index in [1.165, 1.54) is 31.2 Å². The van der Waals surface area contributed by atoms with Crippen LogP contribution in [0.3, 0.4) is 0 Å². The molecule has 2 N–H and O–H groups in total. The Bertz CT molecular complexity index is 390. The van der Waals surface area contributed by atoms with E-state index in [-0.39, 0.29) is 0 Å². The largest absolute Gasteiger partial charge is 0.497 e. The fourth-order valence-corrected chi connectivity index (χ4v) is 3.21. The molecule has 18 heavy (non-hydrogen) atoms. The Balaban J connectivity index is 1.69. The molecular formula is C15H22N2O. The van der Waals surface area contributed by atoms with Crippen molar-refractivity contribution in [2.45, 2.75) is 43.8 Å². The number of hydrogen-bond acceptors (Lipinski definition) is 3. The molecule has 2 aliphatic rings. The van der Waals surface area contributed by atoms with E-state index in [0.29, 0.717) is 18.1 Å². The molecule has 1 saturated carbocycles. The van der Waals surface area contributed by atoms with Crippen molar-refractivity contribution >= 4 is 0 Å². The fourth-order valence-electron chi connectivity index (χ4n) is 3.21. The van der Waals surface area contributed by atoms with E-state index in [9.17, 15) is 0 Å². The number of nitrogens with one attached hydrogen (secondary N) is 2. The first-order valence-corrected chi connectivity index (χ1v) is 7.00. The topological polar surface area (TPSA) is 33.3 Å². The number of rotatable bonds is 2. The molecule has 2 fully saturated rings. The van der Waals surface area contributed by atoms with Crippen molar-refractivity contribution in [3.05, 3.63) is 29.8 Å². The van der Waals surface area contributed by atoms with Crippen molar-refractivity contribution in [1.29, 1.82) is 0 Å². The Labute approximate surface area is 109 Å². The molecule has 0 radical (unpaired) electrons. The van der Waals surface area contributed by atoms with Gasteiger partial charge in [0.1, 0.15) is 5.75 Å². The van der Waals surface area contributed by atoms with Crippen molar-refractivity contribution in [2.75, 3.05) is 13.7 Å². The van der Waals surface area contributed by atoms with Gasteiger partial charge in [-0.25, -0.2) is 0 Å². The third kappa shape index (κ3) is 2.38. The molecule has 1 aliphatic carbocycles. The highest BCUT2D eigenvalue weighted by atomic mass is 16.5. The normalized spacial score (nSPS) is 31.7. The van der Waals surface area contributed by atoms with E-state index in [4.69, 9.17) is 4.74 Å². The summed E-state index contributed by atoms with van der Waals surface area (Å²) in [6.07, 6.45) is 5.38. The molecule has 0 spiro atoms. The zero-order chi connectivity index (χ0) is 12.4. The van der Waals surface area contributed by atoms with Crippen LogP contribution in [0.5, 0.6) is 5.75 Å². The van der Waals surface area contributed by atoms with Crippen LogP contribution in [0, 0.1) is 0 Å². The molecule has 1 aromatic rings. The number of fused-ring (bicyclic) bond motifs is 1. The second-order valence-electron chi connectivity index (χ2n) is 5.40. The summed E-state index contributed by atoms with van der Waals surface area (Å²) in [5, 5.41) is 7.51. The van der Waals surface area contributed by atoms with Crippen molar-refractivity contribution < 1.29 is 4.74 Å². The molecule has 3 atom stereocenters. The van der Waals surface area contributed by atoms with Gasteiger partial charge >= 0.3 is 0 Å². The second-order valence-corrected chi connectivity index (χ2v) is 5.40. The summed E-state index contributed by atoms with van der Waals surface area (Å²) in [5.74, 6) is 0.929. The van der Waals surface area contributed by atoms with Crippen molar-refractivity contribution in [3.63, 3.8) is 0 Å². The Hall–Kier alpha value is -1.06. The summed E-state index contributed by atoms with van der Waals surface area (Å²) >= 11 is 0. The predicted molar refractivity (Wildman–Crippen MR) is 72.9 cm³/mol. The molecule has 0 unspecified atom stereocenters. The van der Waals surface area contributed by atoms with Crippen LogP contribution in [0.4, 0.5) is 0 Å². The molecule has 1 saturated heterocycles. The molecule has 1 heterocycles. The van der Waals surface area contributed by atoms with Gasteiger partial charge in [-0.05, 0) is 30.5 Å². The van der Waals surface area contributed by atoms with Crippen molar-refractivity contribution in [3.8, 4) is 5.75 Å². The molecule has 98 valence electrons. The Morgan fingerprint density at radius 2 is 1.78 bits per heavy atom. The molecule has 3 nitrogen and oxygen atoms in total. The Morgan fingerprint density at radius 3 is 2.50 bits per heavy atom. The van der Waals surface area contributed by atoms with Gasteiger partial charge < -0.3 is 15.4 Å². The minimum atomic E-state index is 0.440. The summed E-state index contributed by atoms with van der Waals surface area (Å²) in [6.45, 7) is 1.04. The second kappa shape index (κ2) is 5.29. The van der Waals surface area contributed by atoms with Crippen LogP contribution in [0.1, 0.15) is 37.3 Å². The molecule has 3 rings (SSSR count). The van der Waals surface area contributed by atoms with Gasteiger partial charge in [0.25, 0.3) is 0 Å². The van der Waals surface area contributed by atoms with Gasteiger partial charge in [-0.2, -0.15) is 0 Å². The van der Waals surface area contributed by atoms with Gasteiger partial charge in [-0.15, -0.1) is 0 Å². The molecular weight excluding hydrogens is 224 g/mol. The maximum absolute atomic E-state index is 5.21. The lowest BCUT2D eigenvalue weighted by Crippen LogP contribution is -2.58. The third-order valence-corrected chi connectivity index (χ3v) is 4.28. The molecule has 0 bridgehead atoms. The van der Waals surface area contributed by atoms with Gasteiger partial charge in [0.05, 0.1) is 7.11 Å². The number of ether oxygens (including phenoxy) is 1. The highest BCUT2D eigenvalue weighted by Gasteiger charge is 2.31. The van der Waals surface area contributed by atoms with Crippen LogP contribution in [-0.4, -0.2) is 25.7 Å².